The number of ether oxygens (including phenoxy) is 1. The molecule has 5 nitrogen and oxygen atoms in total. The molecule has 0 radical (unpaired) electrons. The molecule has 6 heteroatoms. The van der Waals surface area contributed by atoms with E-state index in [2.05, 4.69) is 0 Å². The van der Waals surface area contributed by atoms with E-state index in [0.717, 1.165) is 6.42 Å². The number of hydrogen-bond acceptors (Lipinski definition) is 4. The average molecular weight is 268 g/mol. The highest BCUT2D eigenvalue weighted by Gasteiger charge is 2.28. The smallest absolute Gasteiger partial charge is 0.305 e. The summed E-state index contributed by atoms with van der Waals surface area (Å²) in [7, 11) is 1.88. The molecule has 1 fully saturated rings. The van der Waals surface area contributed by atoms with Crippen LogP contribution in [0.1, 0.15) is 18.9 Å². The van der Waals surface area contributed by atoms with Crippen molar-refractivity contribution in [2.75, 3.05) is 13.7 Å². The van der Waals surface area contributed by atoms with Crippen LogP contribution in [0.2, 0.25) is 0 Å². The molecule has 1 aromatic rings. The molecule has 2 unspecified atom stereocenters. The normalized spacial score (nSPS) is 22.9. The summed E-state index contributed by atoms with van der Waals surface area (Å²) >= 11 is 0. The first-order valence-electron chi connectivity index (χ1n) is 6.24. The second-order valence-corrected chi connectivity index (χ2v) is 4.85. The fourth-order valence-corrected chi connectivity index (χ4v) is 2.51. The van der Waals surface area contributed by atoms with Crippen LogP contribution < -0.4 is 0 Å². The Bertz CT molecular complexity index is 481. The Hall–Kier alpha value is -1.53. The van der Waals surface area contributed by atoms with Crippen molar-refractivity contribution < 1.29 is 14.1 Å². The molecule has 0 aliphatic carbocycles. The first kappa shape index (κ1) is 13.9. The molecule has 1 aliphatic rings. The van der Waals surface area contributed by atoms with Gasteiger partial charge in [-0.2, -0.15) is 4.39 Å². The summed E-state index contributed by atoms with van der Waals surface area (Å²) in [5, 5.41) is 10.7. The van der Waals surface area contributed by atoms with Gasteiger partial charge in [-0.25, -0.2) is 0 Å². The molecule has 2 rings (SSSR count). The highest BCUT2D eigenvalue weighted by Crippen LogP contribution is 2.24. The monoisotopic (exact) mass is 268 g/mol. The maximum atomic E-state index is 14.0. The first-order chi connectivity index (χ1) is 9.00. The molecule has 0 amide bonds. The number of benzene rings is 1. The highest BCUT2D eigenvalue weighted by molar-refractivity contribution is 5.36. The van der Waals surface area contributed by atoms with Crippen LogP contribution in [0.5, 0.6) is 0 Å². The number of hydrogen-bond donors (Lipinski definition) is 0. The second kappa shape index (κ2) is 5.63. The van der Waals surface area contributed by atoms with Crippen LogP contribution in [0.3, 0.4) is 0 Å². The summed E-state index contributed by atoms with van der Waals surface area (Å²) in [4.78, 5) is 12.0. The van der Waals surface area contributed by atoms with Crippen LogP contribution in [0.25, 0.3) is 0 Å². The summed E-state index contributed by atoms with van der Waals surface area (Å²) < 4.78 is 19.4. The molecule has 0 aromatic heterocycles. The molecule has 0 saturated carbocycles. The minimum atomic E-state index is -0.745. The molecule has 104 valence electrons. The van der Waals surface area contributed by atoms with E-state index in [9.17, 15) is 14.5 Å². The van der Waals surface area contributed by atoms with E-state index in [1.807, 2.05) is 18.9 Å². The van der Waals surface area contributed by atoms with Gasteiger partial charge in [-0.3, -0.25) is 15.0 Å². The summed E-state index contributed by atoms with van der Waals surface area (Å²) in [5.74, 6) is -0.745. The predicted molar refractivity (Wildman–Crippen MR) is 68.3 cm³/mol. The largest absolute Gasteiger partial charge is 0.377 e. The van der Waals surface area contributed by atoms with Gasteiger partial charge in [-0.15, -0.1) is 0 Å². The van der Waals surface area contributed by atoms with Crippen molar-refractivity contribution in [3.8, 4) is 0 Å². The summed E-state index contributed by atoms with van der Waals surface area (Å²) in [5.41, 5.74) is -0.127. The fourth-order valence-electron chi connectivity index (χ4n) is 2.51. The van der Waals surface area contributed by atoms with Gasteiger partial charge in [0.05, 0.1) is 11.0 Å². The molecule has 1 aromatic carbocycles. The molecule has 0 N–H and O–H groups in total. The van der Waals surface area contributed by atoms with Gasteiger partial charge >= 0.3 is 5.69 Å². The van der Waals surface area contributed by atoms with Gasteiger partial charge in [0, 0.05) is 30.8 Å². The molecular formula is C13H17FN2O3. The number of nitrogens with zero attached hydrogens (tertiary/aromatic N) is 2. The first-order valence-corrected chi connectivity index (χ1v) is 6.24. The Labute approximate surface area is 111 Å². The quantitative estimate of drug-likeness (QED) is 0.621. The summed E-state index contributed by atoms with van der Waals surface area (Å²) in [6, 6.07) is 4.50. The molecule has 1 aliphatic heterocycles. The molecule has 1 saturated heterocycles. The van der Waals surface area contributed by atoms with E-state index in [4.69, 9.17) is 4.74 Å². The van der Waals surface area contributed by atoms with E-state index in [1.165, 1.54) is 12.1 Å². The van der Waals surface area contributed by atoms with Gasteiger partial charge in [0.1, 0.15) is 0 Å². The molecule has 0 bridgehead atoms. The van der Waals surface area contributed by atoms with Crippen molar-refractivity contribution in [1.82, 2.24) is 4.90 Å². The van der Waals surface area contributed by atoms with Crippen LogP contribution in [-0.4, -0.2) is 35.6 Å². The van der Waals surface area contributed by atoms with Gasteiger partial charge in [0.25, 0.3) is 0 Å². The number of halogens is 1. The van der Waals surface area contributed by atoms with E-state index in [0.29, 0.717) is 18.7 Å². The Morgan fingerprint density at radius 1 is 1.58 bits per heavy atom. The molecule has 0 spiro atoms. The van der Waals surface area contributed by atoms with Crippen LogP contribution in [0, 0.1) is 15.9 Å². The topological polar surface area (TPSA) is 55.6 Å². The predicted octanol–water partition coefficient (Wildman–Crippen LogP) is 2.34. The molecular weight excluding hydrogens is 251 g/mol. The molecule has 19 heavy (non-hydrogen) atoms. The average Bonchev–Trinajstić information content (AvgIpc) is 2.77. The lowest BCUT2D eigenvalue weighted by Crippen LogP contribution is -2.36. The van der Waals surface area contributed by atoms with Crippen LogP contribution in [0.4, 0.5) is 10.1 Å². The van der Waals surface area contributed by atoms with Crippen LogP contribution >= 0.6 is 0 Å². The van der Waals surface area contributed by atoms with E-state index >= 15 is 0 Å². The molecule has 2 atom stereocenters. The van der Waals surface area contributed by atoms with Crippen LogP contribution in [-0.2, 0) is 11.3 Å². The van der Waals surface area contributed by atoms with E-state index in [-0.39, 0.29) is 12.1 Å². The Kier molecular flexibility index (Phi) is 4.11. The van der Waals surface area contributed by atoms with Gasteiger partial charge in [-0.1, -0.05) is 12.1 Å². The Balaban J connectivity index is 2.15. The van der Waals surface area contributed by atoms with E-state index < -0.39 is 16.4 Å². The lowest BCUT2D eigenvalue weighted by atomic mass is 10.1. The molecule has 1 heterocycles. The second-order valence-electron chi connectivity index (χ2n) is 4.85. The standard InChI is InChI=1S/C13H17FN2O3/c1-9-11(6-7-19-9)15(2)8-10-4-3-5-12(13(10)14)16(17)18/h3-5,9,11H,6-8H2,1-2H3. The third-order valence-electron chi connectivity index (χ3n) is 3.58. The Morgan fingerprint density at radius 2 is 2.32 bits per heavy atom. The lowest BCUT2D eigenvalue weighted by Gasteiger charge is -2.26. The summed E-state index contributed by atoms with van der Waals surface area (Å²) in [6.45, 7) is 3.03. The Morgan fingerprint density at radius 3 is 2.89 bits per heavy atom. The lowest BCUT2D eigenvalue weighted by molar-refractivity contribution is -0.387. The van der Waals surface area contributed by atoms with Crippen LogP contribution in [0.15, 0.2) is 18.2 Å². The number of rotatable bonds is 4. The third kappa shape index (κ3) is 2.90. The maximum absolute atomic E-state index is 14.0. The zero-order chi connectivity index (χ0) is 14.0. The van der Waals surface area contributed by atoms with E-state index in [1.54, 1.807) is 6.07 Å². The minimum Gasteiger partial charge on any atom is -0.377 e. The van der Waals surface area contributed by atoms with Crippen molar-refractivity contribution in [2.45, 2.75) is 32.0 Å². The fraction of sp³-hybridized carbons (Fsp3) is 0.538. The van der Waals surface area contributed by atoms with Gasteiger partial charge in [0.2, 0.25) is 5.82 Å². The maximum Gasteiger partial charge on any atom is 0.305 e. The van der Waals surface area contributed by atoms with Crippen molar-refractivity contribution >= 4 is 5.69 Å². The van der Waals surface area contributed by atoms with Crippen molar-refractivity contribution in [3.05, 3.63) is 39.7 Å². The summed E-state index contributed by atoms with van der Waals surface area (Å²) in [6.07, 6.45) is 1.00. The van der Waals surface area contributed by atoms with Gasteiger partial charge in [-0.05, 0) is 20.4 Å². The third-order valence-corrected chi connectivity index (χ3v) is 3.58. The minimum absolute atomic E-state index is 0.103. The van der Waals surface area contributed by atoms with Crippen molar-refractivity contribution in [1.29, 1.82) is 0 Å². The zero-order valence-electron chi connectivity index (χ0n) is 11.0. The van der Waals surface area contributed by atoms with Crippen molar-refractivity contribution in [3.63, 3.8) is 0 Å². The number of likely N-dealkylation sites (N-methyl/N-ethyl adjacent to an activating group) is 1. The SMILES string of the molecule is CC1OCCC1N(C)Cc1cccc([N+](=O)[O-])c1F. The number of nitro groups is 1. The van der Waals surface area contributed by atoms with Gasteiger partial charge in [0.15, 0.2) is 0 Å². The zero-order valence-corrected chi connectivity index (χ0v) is 11.0. The van der Waals surface area contributed by atoms with Gasteiger partial charge < -0.3 is 4.74 Å². The number of nitro benzene ring substituents is 1. The van der Waals surface area contributed by atoms with Crippen molar-refractivity contribution in [2.24, 2.45) is 0 Å². The highest BCUT2D eigenvalue weighted by atomic mass is 19.1.